The van der Waals surface area contributed by atoms with Crippen LogP contribution in [0, 0.1) is 0 Å². The summed E-state index contributed by atoms with van der Waals surface area (Å²) in [5.74, 6) is 0.611. The van der Waals surface area contributed by atoms with E-state index < -0.39 is 0 Å². The third-order valence-electron chi connectivity index (χ3n) is 2.69. The summed E-state index contributed by atoms with van der Waals surface area (Å²) in [6.07, 6.45) is 0.786. The highest BCUT2D eigenvalue weighted by Crippen LogP contribution is 2.19. The third kappa shape index (κ3) is 6.25. The van der Waals surface area contributed by atoms with Gasteiger partial charge in [0.25, 0.3) is 5.56 Å². The number of aromatic nitrogens is 4. The fraction of sp³-hybridized carbons (Fsp3) is 0.500. The lowest BCUT2D eigenvalue weighted by atomic mass is 10.4. The lowest BCUT2D eigenvalue weighted by molar-refractivity contribution is -0.113. The molecule has 2 heterocycles. The number of carbonyl (C=O) groups is 1. The lowest BCUT2D eigenvalue weighted by Crippen LogP contribution is -2.15. The molecule has 0 aliphatic heterocycles. The topological polar surface area (TPSA) is 101 Å². The fourth-order valence-corrected chi connectivity index (χ4v) is 3.66. The minimum atomic E-state index is -0.205. The van der Waals surface area contributed by atoms with E-state index in [4.69, 9.17) is 0 Å². The van der Waals surface area contributed by atoms with E-state index in [0.717, 1.165) is 17.1 Å². The minimum Gasteiger partial charge on any atom is -0.301 e. The highest BCUT2D eigenvalue weighted by atomic mass is 32.2. The van der Waals surface area contributed by atoms with Crippen LogP contribution in [0.1, 0.15) is 31.5 Å². The molecular formula is C14H19N5O2S3. The van der Waals surface area contributed by atoms with Gasteiger partial charge in [-0.05, 0) is 11.7 Å². The number of hydrogen-bond donors (Lipinski definition) is 2. The molecule has 2 aromatic heterocycles. The quantitative estimate of drug-likeness (QED) is 0.532. The van der Waals surface area contributed by atoms with Crippen molar-refractivity contribution in [2.24, 2.45) is 0 Å². The Morgan fingerprint density at radius 3 is 2.88 bits per heavy atom. The summed E-state index contributed by atoms with van der Waals surface area (Å²) in [5.41, 5.74) is 0.515. The number of H-pyrrole nitrogens is 1. The van der Waals surface area contributed by atoms with Crippen LogP contribution in [0.4, 0.5) is 5.13 Å². The van der Waals surface area contributed by atoms with Crippen LogP contribution in [-0.4, -0.2) is 37.1 Å². The minimum absolute atomic E-state index is 0.144. The summed E-state index contributed by atoms with van der Waals surface area (Å²) in [4.78, 5) is 30.7. The Morgan fingerprint density at radius 1 is 1.42 bits per heavy atom. The zero-order valence-electron chi connectivity index (χ0n) is 13.7. The highest BCUT2D eigenvalue weighted by Gasteiger charge is 2.10. The van der Waals surface area contributed by atoms with Crippen LogP contribution in [0.5, 0.6) is 0 Å². The normalized spacial score (nSPS) is 11.0. The van der Waals surface area contributed by atoms with Crippen LogP contribution >= 0.6 is 34.9 Å². The number of hydrogen-bond acceptors (Lipinski definition) is 8. The second kappa shape index (κ2) is 9.19. The number of aryl methyl sites for hydroxylation is 1. The van der Waals surface area contributed by atoms with E-state index in [1.54, 1.807) is 11.8 Å². The van der Waals surface area contributed by atoms with Gasteiger partial charge < -0.3 is 4.98 Å². The van der Waals surface area contributed by atoms with Gasteiger partial charge in [-0.2, -0.15) is 11.8 Å². The molecule has 1 amide bonds. The number of rotatable bonds is 8. The van der Waals surface area contributed by atoms with Gasteiger partial charge >= 0.3 is 0 Å². The Hall–Kier alpha value is -1.39. The zero-order chi connectivity index (χ0) is 17.5. The van der Waals surface area contributed by atoms with Crippen LogP contribution in [0.15, 0.2) is 16.0 Å². The van der Waals surface area contributed by atoms with Gasteiger partial charge in [-0.3, -0.25) is 14.9 Å². The van der Waals surface area contributed by atoms with Crippen molar-refractivity contribution in [2.75, 3.05) is 11.1 Å². The standard InChI is InChI=1S/C14H19N5O2S3/c1-4-12-18-19-14(24-12)17-11(21)7-23-13-15-9(5-10(20)16-13)6-22-8(2)3/h5,8H,4,6-7H2,1-3H3,(H,15,16,20)(H,17,19,21). The number of thioether (sulfide) groups is 2. The maximum absolute atomic E-state index is 12.0. The summed E-state index contributed by atoms with van der Waals surface area (Å²) < 4.78 is 0. The molecule has 10 heteroatoms. The van der Waals surface area contributed by atoms with E-state index in [-0.39, 0.29) is 17.2 Å². The van der Waals surface area contributed by atoms with Gasteiger partial charge in [-0.1, -0.05) is 43.9 Å². The first-order valence-corrected chi connectivity index (χ1v) is 10.3. The van der Waals surface area contributed by atoms with Crippen LogP contribution in [-0.2, 0) is 17.0 Å². The number of carbonyl (C=O) groups excluding carboxylic acids is 1. The summed E-state index contributed by atoms with van der Waals surface area (Å²) in [7, 11) is 0. The molecule has 0 atom stereocenters. The number of amides is 1. The first-order valence-electron chi connectivity index (χ1n) is 7.43. The number of aromatic amines is 1. The van der Waals surface area contributed by atoms with Crippen LogP contribution in [0.25, 0.3) is 0 Å². The van der Waals surface area contributed by atoms with Gasteiger partial charge in [0.05, 0.1) is 11.4 Å². The lowest BCUT2D eigenvalue weighted by Gasteiger charge is -2.06. The molecule has 0 aliphatic carbocycles. The SMILES string of the molecule is CCc1nnc(NC(=O)CSc2nc(CSC(C)C)cc(=O)[nH]2)s1. The monoisotopic (exact) mass is 385 g/mol. The zero-order valence-corrected chi connectivity index (χ0v) is 16.1. The predicted molar refractivity (Wildman–Crippen MR) is 99.9 cm³/mol. The van der Waals surface area contributed by atoms with Crippen molar-refractivity contribution in [3.63, 3.8) is 0 Å². The average Bonchev–Trinajstić information content (AvgIpc) is 2.98. The molecule has 7 nitrogen and oxygen atoms in total. The molecule has 0 fully saturated rings. The number of nitrogens with zero attached hydrogens (tertiary/aromatic N) is 3. The second-order valence-corrected chi connectivity index (χ2v) is 8.68. The average molecular weight is 386 g/mol. The highest BCUT2D eigenvalue weighted by molar-refractivity contribution is 7.99. The molecule has 0 bridgehead atoms. The Balaban J connectivity index is 1.90. The third-order valence-corrected chi connectivity index (χ3v) is 5.68. The molecule has 2 aromatic rings. The summed E-state index contributed by atoms with van der Waals surface area (Å²) in [5, 5.41) is 12.8. The largest absolute Gasteiger partial charge is 0.301 e. The Morgan fingerprint density at radius 2 is 2.21 bits per heavy atom. The van der Waals surface area contributed by atoms with Crippen LogP contribution in [0.3, 0.4) is 0 Å². The van der Waals surface area contributed by atoms with Crippen LogP contribution in [0.2, 0.25) is 0 Å². The van der Waals surface area contributed by atoms with Gasteiger partial charge in [0.1, 0.15) is 5.01 Å². The first kappa shape index (κ1) is 18.9. The fourth-order valence-electron chi connectivity index (χ4n) is 1.61. The Labute approximate surface area is 152 Å². The van der Waals surface area contributed by atoms with E-state index in [1.165, 1.54) is 29.2 Å². The molecule has 0 saturated carbocycles. The second-order valence-electron chi connectivity index (χ2n) is 5.09. The van der Waals surface area contributed by atoms with Crippen molar-refractivity contribution in [1.29, 1.82) is 0 Å². The van der Waals surface area contributed by atoms with Crippen molar-refractivity contribution in [1.82, 2.24) is 20.2 Å². The molecule has 2 N–H and O–H groups in total. The Bertz CT molecular complexity index is 744. The molecule has 24 heavy (non-hydrogen) atoms. The van der Waals surface area contributed by atoms with Crippen molar-refractivity contribution >= 4 is 45.9 Å². The van der Waals surface area contributed by atoms with Crippen molar-refractivity contribution in [3.8, 4) is 0 Å². The predicted octanol–water partition coefficient (Wildman–Crippen LogP) is 2.56. The number of anilines is 1. The maximum atomic E-state index is 12.0. The van der Waals surface area contributed by atoms with Gasteiger partial charge in [0.15, 0.2) is 5.16 Å². The van der Waals surface area contributed by atoms with E-state index in [9.17, 15) is 9.59 Å². The van der Waals surface area contributed by atoms with E-state index in [0.29, 0.717) is 21.3 Å². The van der Waals surface area contributed by atoms with E-state index in [1.807, 2.05) is 6.92 Å². The molecular weight excluding hydrogens is 366 g/mol. The molecule has 0 aromatic carbocycles. The molecule has 0 radical (unpaired) electrons. The summed E-state index contributed by atoms with van der Waals surface area (Å²) in [6, 6.07) is 1.49. The van der Waals surface area contributed by atoms with Gasteiger partial charge in [0.2, 0.25) is 11.0 Å². The maximum Gasteiger partial charge on any atom is 0.251 e. The summed E-state index contributed by atoms with van der Waals surface area (Å²) in [6.45, 7) is 6.17. The van der Waals surface area contributed by atoms with Crippen molar-refractivity contribution in [3.05, 3.63) is 27.1 Å². The first-order chi connectivity index (χ1) is 11.5. The van der Waals surface area contributed by atoms with E-state index >= 15 is 0 Å². The van der Waals surface area contributed by atoms with Gasteiger partial charge in [-0.25, -0.2) is 4.98 Å². The van der Waals surface area contributed by atoms with Crippen molar-refractivity contribution in [2.45, 2.75) is 43.4 Å². The molecule has 130 valence electrons. The smallest absolute Gasteiger partial charge is 0.251 e. The van der Waals surface area contributed by atoms with Crippen LogP contribution < -0.4 is 10.9 Å². The molecule has 0 saturated heterocycles. The molecule has 2 rings (SSSR count). The molecule has 0 unspecified atom stereocenters. The van der Waals surface area contributed by atoms with Gasteiger partial charge in [0, 0.05) is 11.8 Å². The molecule has 0 aliphatic rings. The van der Waals surface area contributed by atoms with E-state index in [2.05, 4.69) is 39.3 Å². The Kier molecular flexibility index (Phi) is 7.25. The molecule has 0 spiro atoms. The number of nitrogens with one attached hydrogen (secondary N) is 2. The van der Waals surface area contributed by atoms with Gasteiger partial charge in [-0.15, -0.1) is 10.2 Å². The summed E-state index contributed by atoms with van der Waals surface area (Å²) >= 11 is 4.26. The van der Waals surface area contributed by atoms with Crippen molar-refractivity contribution < 1.29 is 4.79 Å².